The van der Waals surface area contributed by atoms with E-state index in [-0.39, 0.29) is 0 Å². The van der Waals surface area contributed by atoms with Crippen LogP contribution < -0.4 is 5.32 Å². The van der Waals surface area contributed by atoms with Crippen LogP contribution in [0.4, 0.5) is 5.69 Å². The first-order valence-electron chi connectivity index (χ1n) is 6.31. The topological polar surface area (TPSA) is 42.0 Å². The average Bonchev–Trinajstić information content (AvgIpc) is 2.83. The van der Waals surface area contributed by atoms with Gasteiger partial charge in [0.1, 0.15) is 0 Å². The lowest BCUT2D eigenvalue weighted by Crippen LogP contribution is -2.29. The number of benzene rings is 1. The zero-order valence-electron chi connectivity index (χ0n) is 10.7. The molecule has 19 heavy (non-hydrogen) atoms. The van der Waals surface area contributed by atoms with E-state index in [2.05, 4.69) is 34.8 Å². The predicted molar refractivity (Wildman–Crippen MR) is 85.9 cm³/mol. The van der Waals surface area contributed by atoms with Crippen LogP contribution in [-0.4, -0.2) is 33.0 Å². The Morgan fingerprint density at radius 3 is 2.95 bits per heavy atom. The van der Waals surface area contributed by atoms with Gasteiger partial charge in [-0.15, -0.1) is 11.3 Å². The second-order valence-corrected chi connectivity index (χ2v) is 8.41. The summed E-state index contributed by atoms with van der Waals surface area (Å²) in [6.45, 7) is 0. The third-order valence-electron chi connectivity index (χ3n) is 3.30. The predicted octanol–water partition coefficient (Wildman–Crippen LogP) is 3.34. The van der Waals surface area contributed by atoms with E-state index in [1.165, 1.54) is 4.70 Å². The Balaban J connectivity index is 1.75. The fourth-order valence-electron chi connectivity index (χ4n) is 2.25. The molecule has 1 aromatic heterocycles. The van der Waals surface area contributed by atoms with Crippen LogP contribution in [0.25, 0.3) is 10.2 Å². The Morgan fingerprint density at radius 1 is 1.42 bits per heavy atom. The number of anilines is 1. The number of rotatable bonds is 3. The second kappa shape index (κ2) is 5.81. The van der Waals surface area contributed by atoms with Gasteiger partial charge in [0.05, 0.1) is 10.2 Å². The van der Waals surface area contributed by atoms with Crippen LogP contribution in [0.15, 0.2) is 22.5 Å². The number of aromatic nitrogens is 1. The van der Waals surface area contributed by atoms with E-state index in [9.17, 15) is 4.21 Å². The molecular weight excluding hydrogens is 296 g/mol. The monoisotopic (exact) mass is 312 g/mol. The lowest BCUT2D eigenvalue weighted by atomic mass is 10.1. The molecule has 1 aliphatic rings. The summed E-state index contributed by atoms with van der Waals surface area (Å²) in [5.74, 6) is 1.66. The minimum atomic E-state index is -0.590. The molecule has 1 saturated heterocycles. The van der Waals surface area contributed by atoms with Crippen molar-refractivity contribution in [2.24, 2.45) is 0 Å². The van der Waals surface area contributed by atoms with Crippen molar-refractivity contribution < 1.29 is 4.21 Å². The molecule has 1 fully saturated rings. The Labute approximate surface area is 123 Å². The van der Waals surface area contributed by atoms with Gasteiger partial charge < -0.3 is 5.32 Å². The molecule has 6 heteroatoms. The Kier molecular flexibility index (Phi) is 4.10. The standard InChI is InChI=1S/C13H16N2OS3/c1-17-13-15-11-3-2-10(8-12(11)18-13)14-9-4-6-19(16)7-5-9/h2-3,8-9,14H,4-7H2,1H3. The van der Waals surface area contributed by atoms with E-state index in [0.717, 1.165) is 39.9 Å². The fourth-order valence-corrected chi connectivity index (χ4v) is 5.08. The first kappa shape index (κ1) is 13.4. The Morgan fingerprint density at radius 2 is 2.21 bits per heavy atom. The molecule has 0 spiro atoms. The van der Waals surface area contributed by atoms with Gasteiger partial charge in [0, 0.05) is 34.0 Å². The van der Waals surface area contributed by atoms with Crippen molar-refractivity contribution >= 4 is 49.8 Å². The van der Waals surface area contributed by atoms with E-state index >= 15 is 0 Å². The van der Waals surface area contributed by atoms with Gasteiger partial charge in [0.15, 0.2) is 4.34 Å². The molecule has 0 bridgehead atoms. The molecule has 0 radical (unpaired) electrons. The highest BCUT2D eigenvalue weighted by Crippen LogP contribution is 2.30. The lowest BCUT2D eigenvalue weighted by Gasteiger charge is -2.23. The highest BCUT2D eigenvalue weighted by Gasteiger charge is 2.17. The first-order valence-corrected chi connectivity index (χ1v) is 9.83. The molecule has 0 unspecified atom stereocenters. The molecule has 102 valence electrons. The summed E-state index contributed by atoms with van der Waals surface area (Å²) in [4.78, 5) is 4.54. The van der Waals surface area contributed by atoms with Gasteiger partial charge in [-0.3, -0.25) is 4.21 Å². The van der Waals surface area contributed by atoms with E-state index in [0.29, 0.717) is 6.04 Å². The van der Waals surface area contributed by atoms with Gasteiger partial charge in [-0.05, 0) is 37.3 Å². The molecule has 3 nitrogen and oxygen atoms in total. The van der Waals surface area contributed by atoms with E-state index in [1.807, 2.05) is 0 Å². The number of hydrogen-bond donors (Lipinski definition) is 1. The summed E-state index contributed by atoms with van der Waals surface area (Å²) < 4.78 is 13.7. The summed E-state index contributed by atoms with van der Waals surface area (Å²) in [5.41, 5.74) is 2.23. The molecule has 2 aromatic rings. The fraction of sp³-hybridized carbons (Fsp3) is 0.462. The molecule has 1 N–H and O–H groups in total. The number of thiazole rings is 1. The highest BCUT2D eigenvalue weighted by atomic mass is 32.2. The smallest absolute Gasteiger partial charge is 0.150 e. The maximum atomic E-state index is 11.3. The van der Waals surface area contributed by atoms with Crippen LogP contribution in [0.1, 0.15) is 12.8 Å². The highest BCUT2D eigenvalue weighted by molar-refractivity contribution is 8.00. The molecule has 3 rings (SSSR count). The molecule has 1 aliphatic heterocycles. The van der Waals surface area contributed by atoms with E-state index in [4.69, 9.17) is 0 Å². The minimum Gasteiger partial charge on any atom is -0.382 e. The number of fused-ring (bicyclic) bond motifs is 1. The van der Waals surface area contributed by atoms with Crippen LogP contribution in [0, 0.1) is 0 Å². The van der Waals surface area contributed by atoms with Crippen LogP contribution in [0.3, 0.4) is 0 Å². The van der Waals surface area contributed by atoms with Gasteiger partial charge in [-0.1, -0.05) is 11.8 Å². The van der Waals surface area contributed by atoms with Crippen molar-refractivity contribution in [3.8, 4) is 0 Å². The van der Waals surface area contributed by atoms with Crippen molar-refractivity contribution in [2.75, 3.05) is 23.1 Å². The van der Waals surface area contributed by atoms with E-state index < -0.39 is 10.8 Å². The van der Waals surface area contributed by atoms with Crippen LogP contribution in [0.2, 0.25) is 0 Å². The van der Waals surface area contributed by atoms with Gasteiger partial charge in [-0.2, -0.15) is 0 Å². The maximum absolute atomic E-state index is 11.3. The third-order valence-corrected chi connectivity index (χ3v) is 6.69. The second-order valence-electron chi connectivity index (χ2n) is 4.63. The summed E-state index contributed by atoms with van der Waals surface area (Å²) in [6.07, 6.45) is 4.06. The lowest BCUT2D eigenvalue weighted by molar-refractivity contribution is 0.624. The van der Waals surface area contributed by atoms with Crippen molar-refractivity contribution in [1.29, 1.82) is 0 Å². The van der Waals surface area contributed by atoms with Gasteiger partial charge in [-0.25, -0.2) is 4.98 Å². The average molecular weight is 312 g/mol. The number of thioether (sulfide) groups is 1. The molecule has 0 atom stereocenters. The molecule has 2 heterocycles. The summed E-state index contributed by atoms with van der Waals surface area (Å²) in [5, 5.41) is 3.56. The largest absolute Gasteiger partial charge is 0.382 e. The quantitative estimate of drug-likeness (QED) is 0.883. The molecule has 1 aromatic carbocycles. The van der Waals surface area contributed by atoms with Gasteiger partial charge in [0.2, 0.25) is 0 Å². The van der Waals surface area contributed by atoms with Crippen molar-refractivity contribution in [3.05, 3.63) is 18.2 Å². The first-order chi connectivity index (χ1) is 9.24. The molecule has 0 saturated carbocycles. The van der Waals surface area contributed by atoms with Crippen molar-refractivity contribution in [2.45, 2.75) is 23.2 Å². The van der Waals surface area contributed by atoms with Gasteiger partial charge >= 0.3 is 0 Å². The maximum Gasteiger partial charge on any atom is 0.150 e. The SMILES string of the molecule is CSc1nc2ccc(NC3CCS(=O)CC3)cc2s1. The van der Waals surface area contributed by atoms with Crippen molar-refractivity contribution in [1.82, 2.24) is 4.98 Å². The van der Waals surface area contributed by atoms with E-state index in [1.54, 1.807) is 23.1 Å². The zero-order valence-corrected chi connectivity index (χ0v) is 13.2. The van der Waals surface area contributed by atoms with Gasteiger partial charge in [0.25, 0.3) is 0 Å². The molecule has 0 aliphatic carbocycles. The summed E-state index contributed by atoms with van der Waals surface area (Å²) >= 11 is 3.43. The number of hydrogen-bond acceptors (Lipinski definition) is 5. The Hall–Kier alpha value is -0.590. The third kappa shape index (κ3) is 3.12. The Bertz CT molecular complexity index is 601. The normalized spacial score (nSPS) is 23.6. The molecular formula is C13H16N2OS3. The van der Waals surface area contributed by atoms with Crippen LogP contribution in [0.5, 0.6) is 0 Å². The summed E-state index contributed by atoms with van der Waals surface area (Å²) in [6, 6.07) is 6.81. The summed E-state index contributed by atoms with van der Waals surface area (Å²) in [7, 11) is -0.590. The number of nitrogens with one attached hydrogen (secondary N) is 1. The number of nitrogens with zero attached hydrogens (tertiary/aromatic N) is 1. The van der Waals surface area contributed by atoms with Crippen LogP contribution >= 0.6 is 23.1 Å². The molecule has 0 amide bonds. The van der Waals surface area contributed by atoms with Crippen LogP contribution in [-0.2, 0) is 10.8 Å². The van der Waals surface area contributed by atoms with Crippen molar-refractivity contribution in [3.63, 3.8) is 0 Å². The zero-order chi connectivity index (χ0) is 13.2. The minimum absolute atomic E-state index is 0.461.